The van der Waals surface area contributed by atoms with Crippen molar-refractivity contribution in [1.29, 1.82) is 5.26 Å². The molecular formula is C22H26N4O2S. The smallest absolute Gasteiger partial charge is 0.264 e. The molecule has 1 unspecified atom stereocenters. The van der Waals surface area contributed by atoms with E-state index in [1.54, 1.807) is 4.90 Å². The second-order valence-corrected chi connectivity index (χ2v) is 8.44. The van der Waals surface area contributed by atoms with E-state index in [1.807, 2.05) is 61.2 Å². The van der Waals surface area contributed by atoms with E-state index in [2.05, 4.69) is 11.0 Å². The number of carbonyl (C=O) groups is 2. The summed E-state index contributed by atoms with van der Waals surface area (Å²) in [4.78, 5) is 33.4. The second kappa shape index (κ2) is 9.68. The molecule has 2 amide bonds. The van der Waals surface area contributed by atoms with Gasteiger partial charge in [-0.1, -0.05) is 18.2 Å². The minimum atomic E-state index is -0.310. The molecule has 1 saturated heterocycles. The molecule has 0 bridgehead atoms. The van der Waals surface area contributed by atoms with Crippen LogP contribution in [-0.2, 0) is 4.79 Å². The van der Waals surface area contributed by atoms with Gasteiger partial charge in [0, 0.05) is 43.3 Å². The molecule has 0 N–H and O–H groups in total. The maximum absolute atomic E-state index is 13.2. The monoisotopic (exact) mass is 410 g/mol. The van der Waals surface area contributed by atoms with Gasteiger partial charge in [0.25, 0.3) is 5.91 Å². The molecule has 1 atom stereocenters. The average molecular weight is 411 g/mol. The lowest BCUT2D eigenvalue weighted by Crippen LogP contribution is -2.55. The predicted molar refractivity (Wildman–Crippen MR) is 115 cm³/mol. The molecule has 1 aromatic heterocycles. The van der Waals surface area contributed by atoms with Crippen molar-refractivity contribution in [3.05, 3.63) is 52.2 Å². The summed E-state index contributed by atoms with van der Waals surface area (Å²) in [5.41, 5.74) is 0.807. The molecule has 1 aromatic carbocycles. The molecule has 7 heteroatoms. The number of para-hydroxylation sites is 1. The molecule has 29 heavy (non-hydrogen) atoms. The maximum atomic E-state index is 13.2. The van der Waals surface area contributed by atoms with E-state index in [4.69, 9.17) is 5.26 Å². The van der Waals surface area contributed by atoms with Crippen LogP contribution in [0.4, 0.5) is 5.69 Å². The van der Waals surface area contributed by atoms with Gasteiger partial charge in [-0.2, -0.15) is 5.26 Å². The van der Waals surface area contributed by atoms with Crippen molar-refractivity contribution in [2.75, 3.05) is 37.6 Å². The number of rotatable bonds is 6. The van der Waals surface area contributed by atoms with Gasteiger partial charge in [-0.05, 0) is 38.1 Å². The van der Waals surface area contributed by atoms with E-state index in [1.165, 1.54) is 11.3 Å². The highest BCUT2D eigenvalue weighted by Gasteiger charge is 2.31. The predicted octanol–water partition coefficient (Wildman–Crippen LogP) is 3.15. The molecule has 2 heterocycles. The van der Waals surface area contributed by atoms with Gasteiger partial charge in [-0.25, -0.2) is 0 Å². The van der Waals surface area contributed by atoms with Crippen LogP contribution in [0.1, 0.15) is 27.9 Å². The van der Waals surface area contributed by atoms with Crippen LogP contribution >= 0.6 is 11.3 Å². The molecule has 3 rings (SSSR count). The van der Waals surface area contributed by atoms with E-state index in [0.29, 0.717) is 32.7 Å². The number of nitriles is 1. The van der Waals surface area contributed by atoms with Crippen LogP contribution in [0.25, 0.3) is 0 Å². The zero-order chi connectivity index (χ0) is 20.8. The van der Waals surface area contributed by atoms with Gasteiger partial charge < -0.3 is 9.80 Å². The lowest BCUT2D eigenvalue weighted by Gasteiger charge is -2.38. The van der Waals surface area contributed by atoms with Crippen molar-refractivity contribution >= 4 is 28.8 Å². The molecule has 1 aliphatic rings. The lowest BCUT2D eigenvalue weighted by atomic mass is 10.1. The first-order valence-electron chi connectivity index (χ1n) is 9.84. The number of aryl methyl sites for hydroxylation is 1. The Labute approximate surface area is 175 Å². The van der Waals surface area contributed by atoms with Crippen molar-refractivity contribution in [3.8, 4) is 6.07 Å². The molecule has 0 spiro atoms. The van der Waals surface area contributed by atoms with E-state index < -0.39 is 0 Å². The molecule has 2 aromatic rings. The zero-order valence-electron chi connectivity index (χ0n) is 16.9. The van der Waals surface area contributed by atoms with Crippen molar-refractivity contribution < 1.29 is 9.59 Å². The first-order valence-corrected chi connectivity index (χ1v) is 10.7. The minimum Gasteiger partial charge on any atom is -0.335 e. The van der Waals surface area contributed by atoms with Gasteiger partial charge in [0.05, 0.1) is 23.4 Å². The van der Waals surface area contributed by atoms with Crippen LogP contribution in [0.5, 0.6) is 0 Å². The van der Waals surface area contributed by atoms with Crippen LogP contribution in [0.3, 0.4) is 0 Å². The van der Waals surface area contributed by atoms with Crippen LogP contribution in [0.2, 0.25) is 0 Å². The normalized spacial score (nSPS) is 15.6. The summed E-state index contributed by atoms with van der Waals surface area (Å²) in [7, 11) is 0. The maximum Gasteiger partial charge on any atom is 0.264 e. The summed E-state index contributed by atoms with van der Waals surface area (Å²) in [6.45, 7) is 6.81. The first-order chi connectivity index (χ1) is 14.0. The highest BCUT2D eigenvalue weighted by molar-refractivity contribution is 7.13. The third kappa shape index (κ3) is 5.03. The topological polar surface area (TPSA) is 67.7 Å². The molecule has 0 aliphatic carbocycles. The van der Waals surface area contributed by atoms with Crippen LogP contribution in [0.15, 0.2) is 42.5 Å². The van der Waals surface area contributed by atoms with Crippen LogP contribution < -0.4 is 4.90 Å². The third-order valence-electron chi connectivity index (χ3n) is 5.24. The quantitative estimate of drug-likeness (QED) is 0.734. The summed E-state index contributed by atoms with van der Waals surface area (Å²) in [6.07, 6.45) is 0.288. The number of carbonyl (C=O) groups excluding carboxylic acids is 2. The Hall–Kier alpha value is -2.69. The molecular weight excluding hydrogens is 384 g/mol. The molecule has 152 valence electrons. The van der Waals surface area contributed by atoms with Crippen LogP contribution in [-0.4, -0.2) is 60.4 Å². The molecule has 1 fully saturated rings. The first kappa shape index (κ1) is 21.0. The standard InChI is InChI=1S/C22H26N4O2S/c1-17-9-10-20(29-17)22(28)25-15-13-24(14-16-25)18(2)21(27)26(12-6-11-23)19-7-4-3-5-8-19/h3-5,7-10,18H,6,12-16H2,1-2H3. The van der Waals surface area contributed by atoms with E-state index in [9.17, 15) is 9.59 Å². The van der Waals surface area contributed by atoms with Gasteiger partial charge in [0.15, 0.2) is 0 Å². The second-order valence-electron chi connectivity index (χ2n) is 7.15. The Bertz CT molecular complexity index is 882. The number of hydrogen-bond donors (Lipinski definition) is 0. The van der Waals surface area contributed by atoms with Gasteiger partial charge in [-0.15, -0.1) is 11.3 Å². The Morgan fingerprint density at radius 1 is 1.14 bits per heavy atom. The Kier molecular flexibility index (Phi) is 7.02. The van der Waals surface area contributed by atoms with Crippen molar-refractivity contribution in [1.82, 2.24) is 9.80 Å². The fourth-order valence-corrected chi connectivity index (χ4v) is 4.37. The Morgan fingerprint density at radius 3 is 2.41 bits per heavy atom. The Balaban J connectivity index is 1.62. The fraction of sp³-hybridized carbons (Fsp3) is 0.409. The summed E-state index contributed by atoms with van der Waals surface area (Å²) in [5.74, 6) is 0.0572. The highest BCUT2D eigenvalue weighted by atomic mass is 32.1. The number of anilines is 1. The molecule has 0 saturated carbocycles. The summed E-state index contributed by atoms with van der Waals surface area (Å²) >= 11 is 1.52. The van der Waals surface area contributed by atoms with Crippen molar-refractivity contribution in [2.24, 2.45) is 0 Å². The van der Waals surface area contributed by atoms with Gasteiger partial charge in [0.2, 0.25) is 5.91 Å². The van der Waals surface area contributed by atoms with Gasteiger partial charge in [0.1, 0.15) is 0 Å². The van der Waals surface area contributed by atoms with E-state index in [-0.39, 0.29) is 24.3 Å². The molecule has 1 aliphatic heterocycles. The largest absolute Gasteiger partial charge is 0.335 e. The van der Waals surface area contributed by atoms with Gasteiger partial charge in [-0.3, -0.25) is 14.5 Å². The fourth-order valence-electron chi connectivity index (χ4n) is 3.54. The SMILES string of the molecule is Cc1ccc(C(=O)N2CCN(C(C)C(=O)N(CCC#N)c3ccccc3)CC2)s1. The Morgan fingerprint density at radius 2 is 1.83 bits per heavy atom. The van der Waals surface area contributed by atoms with Crippen molar-refractivity contribution in [3.63, 3.8) is 0 Å². The third-order valence-corrected chi connectivity index (χ3v) is 6.23. The summed E-state index contributed by atoms with van der Waals surface area (Å²) in [6, 6.07) is 15.1. The number of thiophene rings is 1. The van der Waals surface area contributed by atoms with Gasteiger partial charge >= 0.3 is 0 Å². The number of benzene rings is 1. The average Bonchev–Trinajstić information content (AvgIpc) is 3.20. The van der Waals surface area contributed by atoms with Crippen molar-refractivity contribution in [2.45, 2.75) is 26.3 Å². The minimum absolute atomic E-state index is 0.0138. The number of amides is 2. The highest BCUT2D eigenvalue weighted by Crippen LogP contribution is 2.20. The van der Waals surface area contributed by atoms with Crippen LogP contribution in [0, 0.1) is 18.3 Å². The van der Waals surface area contributed by atoms with E-state index >= 15 is 0 Å². The lowest BCUT2D eigenvalue weighted by molar-refractivity contribution is -0.123. The molecule has 6 nitrogen and oxygen atoms in total. The number of nitrogens with zero attached hydrogens (tertiary/aromatic N) is 4. The molecule has 0 radical (unpaired) electrons. The number of piperazine rings is 1. The number of hydrogen-bond acceptors (Lipinski definition) is 5. The summed E-state index contributed by atoms with van der Waals surface area (Å²) in [5, 5.41) is 8.97. The summed E-state index contributed by atoms with van der Waals surface area (Å²) < 4.78 is 0. The zero-order valence-corrected chi connectivity index (χ0v) is 17.7. The van der Waals surface area contributed by atoms with E-state index in [0.717, 1.165) is 15.4 Å².